The highest BCUT2D eigenvalue weighted by atomic mass is 16.5. The summed E-state index contributed by atoms with van der Waals surface area (Å²) in [5, 5.41) is 3.13. The minimum atomic E-state index is -0.152. The van der Waals surface area contributed by atoms with Crippen molar-refractivity contribution in [3.63, 3.8) is 0 Å². The molecule has 1 fully saturated rings. The second-order valence-corrected chi connectivity index (χ2v) is 6.65. The monoisotopic (exact) mass is 358 g/mol. The quantitative estimate of drug-likeness (QED) is 0.823. The van der Waals surface area contributed by atoms with Crippen molar-refractivity contribution in [1.82, 2.24) is 10.2 Å². The highest BCUT2D eigenvalue weighted by Crippen LogP contribution is 2.24. The van der Waals surface area contributed by atoms with E-state index in [0.29, 0.717) is 30.9 Å². The molecule has 2 atom stereocenters. The molecule has 2 heterocycles. The van der Waals surface area contributed by atoms with Crippen LogP contribution in [0.1, 0.15) is 36.0 Å². The van der Waals surface area contributed by atoms with Crippen LogP contribution in [0.3, 0.4) is 0 Å². The molecule has 0 spiro atoms. The van der Waals surface area contributed by atoms with Crippen molar-refractivity contribution in [3.8, 4) is 5.75 Å². The zero-order chi connectivity index (χ0) is 18.4. The Balaban J connectivity index is 1.86. The second-order valence-electron chi connectivity index (χ2n) is 6.65. The summed E-state index contributed by atoms with van der Waals surface area (Å²) in [4.78, 5) is 27.2. The fraction of sp³-hybridized carbons (Fsp3) is 0.500. The molecule has 140 valence electrons. The van der Waals surface area contributed by atoms with Crippen LogP contribution in [0.25, 0.3) is 0 Å². The highest BCUT2D eigenvalue weighted by molar-refractivity contribution is 5.97. The summed E-state index contributed by atoms with van der Waals surface area (Å²) in [5.74, 6) is 0.417. The number of amides is 2. The third kappa shape index (κ3) is 4.25. The van der Waals surface area contributed by atoms with Crippen LogP contribution < -0.4 is 10.1 Å². The van der Waals surface area contributed by atoms with Crippen LogP contribution in [0.15, 0.2) is 36.4 Å². The first-order valence-corrected chi connectivity index (χ1v) is 9.17. The van der Waals surface area contributed by atoms with E-state index in [-0.39, 0.29) is 30.5 Å². The number of hydrogen-bond donors (Lipinski definition) is 1. The van der Waals surface area contributed by atoms with Crippen molar-refractivity contribution in [3.05, 3.63) is 42.0 Å². The topological polar surface area (TPSA) is 67.9 Å². The molecule has 2 amide bonds. The fourth-order valence-corrected chi connectivity index (χ4v) is 3.65. The third-order valence-electron chi connectivity index (χ3n) is 4.90. The predicted molar refractivity (Wildman–Crippen MR) is 98.2 cm³/mol. The van der Waals surface area contributed by atoms with E-state index in [0.717, 1.165) is 19.3 Å². The van der Waals surface area contributed by atoms with Gasteiger partial charge in [-0.2, -0.15) is 0 Å². The van der Waals surface area contributed by atoms with Gasteiger partial charge in [-0.15, -0.1) is 0 Å². The Morgan fingerprint density at radius 1 is 1.35 bits per heavy atom. The molecule has 0 aromatic heterocycles. The molecular formula is C20H26N2O4. The summed E-state index contributed by atoms with van der Waals surface area (Å²) >= 11 is 0. The first kappa shape index (κ1) is 18.5. The molecule has 6 heteroatoms. The Kier molecular flexibility index (Phi) is 6.28. The number of hydrogen-bond acceptors (Lipinski definition) is 4. The number of methoxy groups -OCH3 is 1. The van der Waals surface area contributed by atoms with E-state index in [9.17, 15) is 9.59 Å². The molecule has 0 bridgehead atoms. The molecular weight excluding hydrogens is 332 g/mol. The lowest BCUT2D eigenvalue weighted by Crippen LogP contribution is -2.57. The van der Waals surface area contributed by atoms with Gasteiger partial charge in [-0.05, 0) is 37.8 Å². The van der Waals surface area contributed by atoms with Gasteiger partial charge in [-0.3, -0.25) is 9.59 Å². The SMILES string of the molecule is COCC(=O)N1CCC[C@@H]2NC(=O)c3ccccc3OCC/C=C/C[C@@H]21. The Morgan fingerprint density at radius 3 is 3.04 bits per heavy atom. The molecule has 1 aromatic rings. The maximum atomic E-state index is 12.8. The summed E-state index contributed by atoms with van der Waals surface area (Å²) < 4.78 is 10.8. The summed E-state index contributed by atoms with van der Waals surface area (Å²) in [6.07, 6.45) is 7.35. The highest BCUT2D eigenvalue weighted by Gasteiger charge is 2.34. The predicted octanol–water partition coefficient (Wildman–Crippen LogP) is 2.15. The van der Waals surface area contributed by atoms with Crippen LogP contribution in [0.4, 0.5) is 0 Å². The average Bonchev–Trinajstić information content (AvgIpc) is 2.64. The Labute approximate surface area is 154 Å². The van der Waals surface area contributed by atoms with Gasteiger partial charge in [0.2, 0.25) is 5.91 Å². The zero-order valence-corrected chi connectivity index (χ0v) is 15.1. The molecule has 0 unspecified atom stereocenters. The molecule has 3 rings (SSSR count). The minimum Gasteiger partial charge on any atom is -0.492 e. The molecule has 2 aliphatic rings. The number of benzene rings is 1. The lowest BCUT2D eigenvalue weighted by Gasteiger charge is -2.41. The first-order valence-electron chi connectivity index (χ1n) is 9.17. The van der Waals surface area contributed by atoms with Crippen molar-refractivity contribution in [2.24, 2.45) is 0 Å². The number of carbonyl (C=O) groups is 2. The van der Waals surface area contributed by atoms with Crippen LogP contribution in [0.5, 0.6) is 5.75 Å². The molecule has 0 aliphatic carbocycles. The van der Waals surface area contributed by atoms with Gasteiger partial charge in [-0.1, -0.05) is 24.3 Å². The lowest BCUT2D eigenvalue weighted by atomic mass is 9.92. The maximum absolute atomic E-state index is 12.8. The summed E-state index contributed by atoms with van der Waals surface area (Å²) in [6.45, 7) is 1.28. The van der Waals surface area contributed by atoms with Crippen LogP contribution in [-0.4, -0.2) is 55.7 Å². The number of fused-ring (bicyclic) bond motifs is 2. The van der Waals surface area contributed by atoms with E-state index in [1.807, 2.05) is 23.1 Å². The van der Waals surface area contributed by atoms with Crippen LogP contribution in [-0.2, 0) is 9.53 Å². The smallest absolute Gasteiger partial charge is 0.255 e. The number of carbonyl (C=O) groups excluding carboxylic acids is 2. The van der Waals surface area contributed by atoms with Gasteiger partial charge in [0.1, 0.15) is 12.4 Å². The Morgan fingerprint density at radius 2 is 2.19 bits per heavy atom. The minimum absolute atomic E-state index is 0.0272. The number of rotatable bonds is 2. The van der Waals surface area contributed by atoms with Crippen molar-refractivity contribution in [2.45, 2.75) is 37.8 Å². The number of para-hydroxylation sites is 1. The van der Waals surface area contributed by atoms with E-state index in [4.69, 9.17) is 9.47 Å². The van der Waals surface area contributed by atoms with Crippen molar-refractivity contribution in [1.29, 1.82) is 0 Å². The summed E-state index contributed by atoms with van der Waals surface area (Å²) in [7, 11) is 1.53. The summed E-state index contributed by atoms with van der Waals surface area (Å²) in [6, 6.07) is 7.14. The van der Waals surface area contributed by atoms with Crippen molar-refractivity contribution in [2.75, 3.05) is 26.9 Å². The first-order chi connectivity index (χ1) is 12.7. The second kappa shape index (κ2) is 8.85. The zero-order valence-electron chi connectivity index (χ0n) is 15.1. The molecule has 26 heavy (non-hydrogen) atoms. The summed E-state index contributed by atoms with van der Waals surface area (Å²) in [5.41, 5.74) is 0.538. The fourth-order valence-electron chi connectivity index (χ4n) is 3.65. The van der Waals surface area contributed by atoms with Crippen LogP contribution in [0.2, 0.25) is 0 Å². The van der Waals surface area contributed by atoms with Crippen molar-refractivity contribution >= 4 is 11.8 Å². The van der Waals surface area contributed by atoms with E-state index < -0.39 is 0 Å². The molecule has 0 saturated carbocycles. The van der Waals surface area contributed by atoms with Gasteiger partial charge >= 0.3 is 0 Å². The Hall–Kier alpha value is -2.34. The van der Waals surface area contributed by atoms with Gasteiger partial charge in [0.25, 0.3) is 5.91 Å². The van der Waals surface area contributed by atoms with Gasteiger partial charge in [-0.25, -0.2) is 0 Å². The van der Waals surface area contributed by atoms with Crippen LogP contribution in [0, 0.1) is 0 Å². The molecule has 1 saturated heterocycles. The number of likely N-dealkylation sites (tertiary alicyclic amines) is 1. The number of ether oxygens (including phenoxy) is 2. The largest absolute Gasteiger partial charge is 0.492 e. The third-order valence-corrected chi connectivity index (χ3v) is 4.90. The molecule has 0 radical (unpaired) electrons. The normalized spacial score (nSPS) is 24.8. The van der Waals surface area contributed by atoms with E-state index in [2.05, 4.69) is 17.5 Å². The molecule has 1 aromatic carbocycles. The van der Waals surface area contributed by atoms with Crippen LogP contribution >= 0.6 is 0 Å². The van der Waals surface area contributed by atoms with E-state index in [1.165, 1.54) is 7.11 Å². The van der Waals surface area contributed by atoms with E-state index in [1.54, 1.807) is 6.07 Å². The van der Waals surface area contributed by atoms with E-state index >= 15 is 0 Å². The van der Waals surface area contributed by atoms with Gasteiger partial charge in [0.05, 0.1) is 18.2 Å². The average molecular weight is 358 g/mol. The number of nitrogens with zero attached hydrogens (tertiary/aromatic N) is 1. The lowest BCUT2D eigenvalue weighted by molar-refractivity contribution is -0.139. The molecule has 2 aliphatic heterocycles. The van der Waals surface area contributed by atoms with Crippen molar-refractivity contribution < 1.29 is 19.1 Å². The Bertz CT molecular complexity index is 674. The number of piperidine rings is 1. The van der Waals surface area contributed by atoms with Gasteiger partial charge in [0.15, 0.2) is 0 Å². The molecule has 1 N–H and O–H groups in total. The maximum Gasteiger partial charge on any atom is 0.255 e. The van der Waals surface area contributed by atoms with Gasteiger partial charge < -0.3 is 19.7 Å². The van der Waals surface area contributed by atoms with Gasteiger partial charge in [0, 0.05) is 19.7 Å². The number of nitrogens with one attached hydrogen (secondary N) is 1. The standard InChI is InChI=1S/C20H26N2O4/c1-25-14-19(23)22-12-7-9-16-17(22)10-3-2-6-13-26-18-11-5-4-8-15(18)20(24)21-16/h2-5,8,11,16-17H,6-7,9-10,12-14H2,1H3,(H,21,24)/b3-2+/t16-,17-/m0/s1. The molecule has 6 nitrogen and oxygen atoms in total.